The molecular weight excluding hydrogens is 248 g/mol. The summed E-state index contributed by atoms with van der Waals surface area (Å²) in [5.41, 5.74) is 0.672. The summed E-state index contributed by atoms with van der Waals surface area (Å²) in [6.07, 6.45) is -0.216. The van der Waals surface area contributed by atoms with E-state index in [4.69, 9.17) is 4.74 Å². The summed E-state index contributed by atoms with van der Waals surface area (Å²) in [6, 6.07) is 4.29. The molecule has 3 unspecified atom stereocenters. The van der Waals surface area contributed by atoms with E-state index in [0.29, 0.717) is 12.2 Å². The fourth-order valence-corrected chi connectivity index (χ4v) is 2.05. The van der Waals surface area contributed by atoms with Gasteiger partial charge in [-0.2, -0.15) is 0 Å². The highest BCUT2D eigenvalue weighted by Crippen LogP contribution is 2.26. The first-order chi connectivity index (χ1) is 7.58. The van der Waals surface area contributed by atoms with Crippen molar-refractivity contribution in [2.24, 2.45) is 0 Å². The molecule has 5 heteroatoms. The zero-order chi connectivity index (χ0) is 11.7. The second-order valence-electron chi connectivity index (χ2n) is 4.28. The summed E-state index contributed by atoms with van der Waals surface area (Å²) in [5, 5.41) is 3.32. The Labute approximate surface area is 106 Å². The molecule has 1 saturated heterocycles. The van der Waals surface area contributed by atoms with Gasteiger partial charge in [0, 0.05) is 12.1 Å². The van der Waals surface area contributed by atoms with E-state index < -0.39 is 11.6 Å². The second-order valence-corrected chi connectivity index (χ2v) is 4.28. The lowest BCUT2D eigenvalue weighted by Crippen LogP contribution is -2.47. The first-order valence-electron chi connectivity index (χ1n) is 5.40. The van der Waals surface area contributed by atoms with Gasteiger partial charge in [-0.25, -0.2) is 8.78 Å². The van der Waals surface area contributed by atoms with Crippen LogP contribution in [0.1, 0.15) is 25.5 Å². The predicted octanol–water partition coefficient (Wildman–Crippen LogP) is 2.82. The Bertz CT molecular complexity index is 389. The molecule has 0 aromatic heterocycles. The van der Waals surface area contributed by atoms with Crippen molar-refractivity contribution in [3.63, 3.8) is 0 Å². The molecule has 0 aliphatic carbocycles. The molecule has 1 heterocycles. The molecule has 2 nitrogen and oxygen atoms in total. The minimum Gasteiger partial charge on any atom is -0.370 e. The van der Waals surface area contributed by atoms with Crippen molar-refractivity contribution in [1.29, 1.82) is 0 Å². The highest BCUT2D eigenvalue weighted by Gasteiger charge is 2.27. The van der Waals surface area contributed by atoms with Gasteiger partial charge in [0.05, 0.1) is 12.7 Å². The molecule has 17 heavy (non-hydrogen) atoms. The summed E-state index contributed by atoms with van der Waals surface area (Å²) in [6.45, 7) is 4.58. The van der Waals surface area contributed by atoms with Crippen LogP contribution in [0.25, 0.3) is 0 Å². The van der Waals surface area contributed by atoms with Gasteiger partial charge >= 0.3 is 0 Å². The fraction of sp³-hybridized carbons (Fsp3) is 0.500. The van der Waals surface area contributed by atoms with Crippen molar-refractivity contribution >= 4 is 12.4 Å². The number of morpholine rings is 1. The van der Waals surface area contributed by atoms with Crippen molar-refractivity contribution in [1.82, 2.24) is 5.32 Å². The van der Waals surface area contributed by atoms with Gasteiger partial charge in [0.2, 0.25) is 0 Å². The monoisotopic (exact) mass is 263 g/mol. The molecule has 96 valence electrons. The molecular formula is C12H16ClF2NO. The molecule has 1 fully saturated rings. The van der Waals surface area contributed by atoms with Crippen LogP contribution in [0.3, 0.4) is 0 Å². The highest BCUT2D eigenvalue weighted by molar-refractivity contribution is 5.85. The van der Waals surface area contributed by atoms with Crippen LogP contribution in [0.4, 0.5) is 8.78 Å². The van der Waals surface area contributed by atoms with Crippen LogP contribution in [0.2, 0.25) is 0 Å². The average molecular weight is 264 g/mol. The Morgan fingerprint density at radius 1 is 1.24 bits per heavy atom. The minimum absolute atomic E-state index is 0. The number of hydrogen-bond acceptors (Lipinski definition) is 2. The van der Waals surface area contributed by atoms with Gasteiger partial charge in [-0.3, -0.25) is 0 Å². The van der Waals surface area contributed by atoms with Gasteiger partial charge < -0.3 is 10.1 Å². The van der Waals surface area contributed by atoms with E-state index >= 15 is 0 Å². The zero-order valence-corrected chi connectivity index (χ0v) is 10.6. The molecule has 1 aliphatic heterocycles. The van der Waals surface area contributed by atoms with Crippen molar-refractivity contribution in [2.45, 2.75) is 32.0 Å². The number of rotatable bonds is 1. The molecule has 0 radical (unpaired) electrons. The molecule has 1 aromatic carbocycles. The number of halogens is 3. The first-order valence-corrected chi connectivity index (χ1v) is 5.40. The largest absolute Gasteiger partial charge is 0.370 e. The molecule has 1 aliphatic rings. The van der Waals surface area contributed by atoms with Crippen LogP contribution in [0, 0.1) is 11.6 Å². The summed E-state index contributed by atoms with van der Waals surface area (Å²) in [5.74, 6) is -1.65. The standard InChI is InChI=1S/C12H15F2NO.ClH/c1-7-6-16-12(8(2)15-7)9-3-4-10(13)11(14)5-9;/h3-5,7-8,12,15H,6H2,1-2H3;1H. The maximum atomic E-state index is 13.1. The zero-order valence-electron chi connectivity index (χ0n) is 9.74. The van der Waals surface area contributed by atoms with Crippen LogP contribution in [0.5, 0.6) is 0 Å². The topological polar surface area (TPSA) is 21.3 Å². The smallest absolute Gasteiger partial charge is 0.159 e. The first kappa shape index (κ1) is 14.4. The Morgan fingerprint density at radius 2 is 1.94 bits per heavy atom. The number of nitrogens with one attached hydrogen (secondary N) is 1. The van der Waals surface area contributed by atoms with Crippen LogP contribution in [-0.4, -0.2) is 18.7 Å². The third-order valence-corrected chi connectivity index (χ3v) is 2.80. The maximum absolute atomic E-state index is 13.1. The lowest BCUT2D eigenvalue weighted by atomic mass is 10.0. The molecule has 0 bridgehead atoms. The third-order valence-electron chi connectivity index (χ3n) is 2.80. The molecule has 3 atom stereocenters. The number of hydrogen-bond donors (Lipinski definition) is 1. The van der Waals surface area contributed by atoms with Crippen LogP contribution >= 0.6 is 12.4 Å². The Kier molecular flexibility index (Phi) is 4.86. The Balaban J connectivity index is 0.00000144. The molecule has 1 aromatic rings. The van der Waals surface area contributed by atoms with Crippen LogP contribution in [-0.2, 0) is 4.74 Å². The Hall–Kier alpha value is -0.710. The lowest BCUT2D eigenvalue weighted by Gasteiger charge is -2.34. The van der Waals surface area contributed by atoms with E-state index in [2.05, 4.69) is 5.32 Å². The number of benzene rings is 1. The fourth-order valence-electron chi connectivity index (χ4n) is 2.05. The van der Waals surface area contributed by atoms with Gasteiger partial charge in [0.15, 0.2) is 11.6 Å². The summed E-state index contributed by atoms with van der Waals surface area (Å²) in [7, 11) is 0. The van der Waals surface area contributed by atoms with Crippen molar-refractivity contribution in [3.8, 4) is 0 Å². The Morgan fingerprint density at radius 3 is 2.53 bits per heavy atom. The molecule has 1 N–H and O–H groups in total. The van der Waals surface area contributed by atoms with E-state index in [1.165, 1.54) is 6.07 Å². The van der Waals surface area contributed by atoms with Gasteiger partial charge in [-0.05, 0) is 31.5 Å². The van der Waals surface area contributed by atoms with Crippen LogP contribution < -0.4 is 5.32 Å². The SMILES string of the molecule is CC1COC(c2ccc(F)c(F)c2)C(C)N1.Cl. The highest BCUT2D eigenvalue weighted by atomic mass is 35.5. The van der Waals surface area contributed by atoms with Crippen molar-refractivity contribution in [2.75, 3.05) is 6.61 Å². The average Bonchev–Trinajstić information content (AvgIpc) is 2.22. The minimum atomic E-state index is -0.827. The maximum Gasteiger partial charge on any atom is 0.159 e. The van der Waals surface area contributed by atoms with Gasteiger partial charge in [-0.1, -0.05) is 6.07 Å². The van der Waals surface area contributed by atoms with Gasteiger partial charge in [0.1, 0.15) is 0 Å². The van der Waals surface area contributed by atoms with Gasteiger partial charge in [0.25, 0.3) is 0 Å². The van der Waals surface area contributed by atoms with E-state index in [-0.39, 0.29) is 30.6 Å². The predicted molar refractivity (Wildman–Crippen MR) is 64.4 cm³/mol. The second kappa shape index (κ2) is 5.76. The quantitative estimate of drug-likeness (QED) is 0.841. The summed E-state index contributed by atoms with van der Waals surface area (Å²) < 4.78 is 31.5. The summed E-state index contributed by atoms with van der Waals surface area (Å²) >= 11 is 0. The normalized spacial score (nSPS) is 28.6. The third kappa shape index (κ3) is 3.15. The van der Waals surface area contributed by atoms with E-state index in [9.17, 15) is 8.78 Å². The molecule has 0 spiro atoms. The molecule has 0 saturated carbocycles. The molecule has 2 rings (SSSR count). The van der Waals surface area contributed by atoms with Crippen molar-refractivity contribution in [3.05, 3.63) is 35.4 Å². The van der Waals surface area contributed by atoms with Crippen molar-refractivity contribution < 1.29 is 13.5 Å². The lowest BCUT2D eigenvalue weighted by molar-refractivity contribution is -0.0208. The van der Waals surface area contributed by atoms with Gasteiger partial charge in [-0.15, -0.1) is 12.4 Å². The van der Waals surface area contributed by atoms with E-state index in [1.807, 2.05) is 13.8 Å². The van der Waals surface area contributed by atoms with E-state index in [1.54, 1.807) is 6.07 Å². The van der Waals surface area contributed by atoms with E-state index in [0.717, 1.165) is 6.07 Å². The van der Waals surface area contributed by atoms with Crippen LogP contribution in [0.15, 0.2) is 18.2 Å². The summed E-state index contributed by atoms with van der Waals surface area (Å²) in [4.78, 5) is 0. The number of ether oxygens (including phenoxy) is 1. The molecule has 0 amide bonds.